The molecule has 5 aromatic rings. The van der Waals surface area contributed by atoms with Gasteiger partial charge in [0, 0.05) is 46.6 Å². The van der Waals surface area contributed by atoms with Gasteiger partial charge in [-0.2, -0.15) is 0 Å². The number of aryl methyl sites for hydroxylation is 1. The van der Waals surface area contributed by atoms with Crippen molar-refractivity contribution in [3.63, 3.8) is 0 Å². The van der Waals surface area contributed by atoms with Gasteiger partial charge < -0.3 is 0 Å². The maximum atomic E-state index is 12.8. The summed E-state index contributed by atoms with van der Waals surface area (Å²) in [6, 6.07) is 21.5. The summed E-state index contributed by atoms with van der Waals surface area (Å²) in [5.74, 6) is -1.00. The van der Waals surface area contributed by atoms with Gasteiger partial charge in [0.1, 0.15) is 0 Å². The number of benzene rings is 2. The van der Waals surface area contributed by atoms with Crippen molar-refractivity contribution in [3.8, 4) is 19.5 Å². The predicted octanol–water partition coefficient (Wildman–Crippen LogP) is 9.09. The zero-order valence-corrected chi connectivity index (χ0v) is 24.5. The highest BCUT2D eigenvalue weighted by molar-refractivity contribution is 7.27. The largest absolute Gasteiger partial charge is 0.288 e. The molecule has 0 saturated carbocycles. The van der Waals surface area contributed by atoms with Crippen molar-refractivity contribution in [2.24, 2.45) is 0 Å². The van der Waals surface area contributed by atoms with E-state index in [0.29, 0.717) is 27.3 Å². The predicted molar refractivity (Wildman–Crippen MR) is 167 cm³/mol. The van der Waals surface area contributed by atoms with Crippen molar-refractivity contribution >= 4 is 80.9 Å². The van der Waals surface area contributed by atoms with Crippen LogP contribution in [0.15, 0.2) is 83.9 Å². The van der Waals surface area contributed by atoms with Gasteiger partial charge in [0.15, 0.2) is 23.1 Å². The van der Waals surface area contributed by atoms with Crippen LogP contribution in [0.5, 0.6) is 0 Å². The van der Waals surface area contributed by atoms with Crippen LogP contribution in [-0.4, -0.2) is 23.1 Å². The van der Waals surface area contributed by atoms with Gasteiger partial charge in [-0.1, -0.05) is 60.1 Å². The topological polar surface area (TPSA) is 68.3 Å². The van der Waals surface area contributed by atoms with Crippen molar-refractivity contribution in [2.75, 3.05) is 0 Å². The van der Waals surface area contributed by atoms with E-state index in [2.05, 4.69) is 6.07 Å². The molecular weight excluding hydrogens is 592 g/mol. The SMILES string of the molecule is Cc1cc(-c2sc(C=C3C(=O)c4ccccc4C3=O)cc2Cl)sc1-c1ccc(C=C2C(=O)c3ccccc3C2=O)s1. The fraction of sp³-hybridized carbons (Fsp3) is 0.0303. The van der Waals surface area contributed by atoms with E-state index in [0.717, 1.165) is 34.8 Å². The Morgan fingerprint density at radius 2 is 1.07 bits per heavy atom. The van der Waals surface area contributed by atoms with Gasteiger partial charge in [-0.3, -0.25) is 19.2 Å². The molecule has 0 atom stereocenters. The lowest BCUT2D eigenvalue weighted by Crippen LogP contribution is -1.99. The third kappa shape index (κ3) is 4.24. The Morgan fingerprint density at radius 1 is 0.561 bits per heavy atom. The minimum atomic E-state index is -0.265. The second-order valence-corrected chi connectivity index (χ2v) is 13.3. The van der Waals surface area contributed by atoms with Crippen LogP contribution in [0.2, 0.25) is 5.02 Å². The van der Waals surface area contributed by atoms with Crippen LogP contribution in [-0.2, 0) is 0 Å². The number of hydrogen-bond donors (Lipinski definition) is 0. The molecule has 2 aliphatic rings. The molecule has 0 spiro atoms. The quantitative estimate of drug-likeness (QED) is 0.151. The van der Waals surface area contributed by atoms with Gasteiger partial charge in [-0.05, 0) is 48.9 Å². The summed E-state index contributed by atoms with van der Waals surface area (Å²) in [4.78, 5) is 56.8. The standard InChI is InChI=1S/C33H17ClO4S3/c1-16-12-27(33-25(34)15-18(40-33)14-24-30(37)21-8-4-5-9-22(21)31(24)38)41-32(16)26-11-10-17(39-26)13-23-28(35)19-6-2-3-7-20(19)29(23)36/h2-15H,1H3. The molecule has 0 saturated heterocycles. The van der Waals surface area contributed by atoms with E-state index in [1.165, 1.54) is 22.7 Å². The molecule has 0 amide bonds. The van der Waals surface area contributed by atoms with Crippen molar-refractivity contribution in [1.82, 2.24) is 0 Å². The van der Waals surface area contributed by atoms with Crippen LogP contribution in [0.1, 0.15) is 56.7 Å². The van der Waals surface area contributed by atoms with Gasteiger partial charge in [0.05, 0.1) is 21.0 Å². The number of rotatable bonds is 4. The molecule has 198 valence electrons. The maximum Gasteiger partial charge on any atom is 0.197 e. The third-order valence-corrected chi connectivity index (χ3v) is 11.2. The molecule has 2 aliphatic carbocycles. The normalized spacial score (nSPS) is 14.2. The molecular formula is C33H17ClO4S3. The molecule has 0 radical (unpaired) electrons. The monoisotopic (exact) mass is 608 g/mol. The Morgan fingerprint density at radius 3 is 1.61 bits per heavy atom. The Kier molecular flexibility index (Phi) is 6.21. The number of ketones is 4. The molecule has 0 unspecified atom stereocenters. The molecule has 8 heteroatoms. The molecule has 3 aromatic heterocycles. The lowest BCUT2D eigenvalue weighted by atomic mass is 10.1. The summed E-state index contributed by atoms with van der Waals surface area (Å²) in [7, 11) is 0. The smallest absolute Gasteiger partial charge is 0.197 e. The number of thiophene rings is 3. The first-order valence-corrected chi connectivity index (χ1v) is 15.4. The molecule has 0 aliphatic heterocycles. The second-order valence-electron chi connectivity index (χ2n) is 9.67. The second kappa shape index (κ2) is 9.82. The average molecular weight is 609 g/mol. The van der Waals surface area contributed by atoms with E-state index in [4.69, 9.17) is 11.6 Å². The minimum absolute atomic E-state index is 0.154. The van der Waals surface area contributed by atoms with Crippen molar-refractivity contribution in [3.05, 3.63) is 127 Å². The molecule has 41 heavy (non-hydrogen) atoms. The Bertz CT molecular complexity index is 1980. The fourth-order valence-electron chi connectivity index (χ4n) is 5.11. The lowest BCUT2D eigenvalue weighted by molar-refractivity contribution is 0.0975. The van der Waals surface area contributed by atoms with Crippen LogP contribution < -0.4 is 0 Å². The molecule has 0 N–H and O–H groups in total. The first-order chi connectivity index (χ1) is 19.8. The van der Waals surface area contributed by atoms with Gasteiger partial charge in [0.2, 0.25) is 0 Å². The van der Waals surface area contributed by atoms with E-state index in [1.807, 2.05) is 19.1 Å². The lowest BCUT2D eigenvalue weighted by Gasteiger charge is -1.95. The highest BCUT2D eigenvalue weighted by atomic mass is 35.5. The summed E-state index contributed by atoms with van der Waals surface area (Å²) in [5, 5.41) is 0.555. The summed E-state index contributed by atoms with van der Waals surface area (Å²) in [5.41, 5.74) is 3.19. The van der Waals surface area contributed by atoms with E-state index < -0.39 is 0 Å². The third-order valence-electron chi connectivity index (χ3n) is 7.08. The van der Waals surface area contributed by atoms with E-state index >= 15 is 0 Å². The molecule has 7 rings (SSSR count). The molecule has 3 heterocycles. The Labute approximate surface area is 251 Å². The maximum absolute atomic E-state index is 12.8. The Balaban J connectivity index is 1.17. The number of allylic oxidation sites excluding steroid dienone is 2. The van der Waals surface area contributed by atoms with E-state index in [9.17, 15) is 19.2 Å². The van der Waals surface area contributed by atoms with Gasteiger partial charge >= 0.3 is 0 Å². The number of fused-ring (bicyclic) bond motifs is 2. The number of carbonyl (C=O) groups is 4. The summed E-state index contributed by atoms with van der Waals surface area (Å²) in [6.07, 6.45) is 3.32. The van der Waals surface area contributed by atoms with Crippen LogP contribution in [0, 0.1) is 6.92 Å². The minimum Gasteiger partial charge on any atom is -0.288 e. The zero-order chi connectivity index (χ0) is 28.4. The first kappa shape index (κ1) is 25.9. The molecule has 0 bridgehead atoms. The molecule has 4 nitrogen and oxygen atoms in total. The number of carbonyl (C=O) groups excluding carboxylic acids is 4. The fourth-order valence-corrected chi connectivity index (χ4v) is 8.97. The highest BCUT2D eigenvalue weighted by Crippen LogP contribution is 2.46. The van der Waals surface area contributed by atoms with Crippen molar-refractivity contribution in [2.45, 2.75) is 6.92 Å². The van der Waals surface area contributed by atoms with E-state index in [-0.39, 0.29) is 34.3 Å². The van der Waals surface area contributed by atoms with Gasteiger partial charge in [-0.25, -0.2) is 0 Å². The average Bonchev–Trinajstić information content (AvgIpc) is 3.77. The van der Waals surface area contributed by atoms with Gasteiger partial charge in [-0.15, -0.1) is 34.0 Å². The number of hydrogen-bond acceptors (Lipinski definition) is 7. The van der Waals surface area contributed by atoms with Crippen molar-refractivity contribution in [1.29, 1.82) is 0 Å². The van der Waals surface area contributed by atoms with Crippen LogP contribution in [0.4, 0.5) is 0 Å². The highest BCUT2D eigenvalue weighted by Gasteiger charge is 2.34. The summed E-state index contributed by atoms with van der Waals surface area (Å²) in [6.45, 7) is 2.03. The van der Waals surface area contributed by atoms with E-state index in [1.54, 1.807) is 78.1 Å². The van der Waals surface area contributed by atoms with Crippen LogP contribution >= 0.6 is 45.6 Å². The summed E-state index contributed by atoms with van der Waals surface area (Å²) >= 11 is 11.2. The Hall–Kier alpha value is -4.01. The van der Waals surface area contributed by atoms with Crippen LogP contribution in [0.25, 0.3) is 31.7 Å². The molecule has 0 fully saturated rings. The van der Waals surface area contributed by atoms with Crippen molar-refractivity contribution < 1.29 is 19.2 Å². The number of Topliss-reactive ketones (excluding diaryl/α,β-unsaturated/α-hetero) is 4. The summed E-state index contributed by atoms with van der Waals surface area (Å²) < 4.78 is 0. The zero-order valence-electron chi connectivity index (χ0n) is 21.3. The van der Waals surface area contributed by atoms with Crippen LogP contribution in [0.3, 0.4) is 0 Å². The van der Waals surface area contributed by atoms with Gasteiger partial charge in [0.25, 0.3) is 0 Å². The molecule has 2 aromatic carbocycles. The first-order valence-electron chi connectivity index (χ1n) is 12.6. The number of halogens is 1.